The van der Waals surface area contributed by atoms with E-state index in [2.05, 4.69) is 40.7 Å². The summed E-state index contributed by atoms with van der Waals surface area (Å²) in [6.45, 7) is 11.4. The molecule has 0 aromatic carbocycles. The second-order valence-corrected chi connectivity index (χ2v) is 29.0. The summed E-state index contributed by atoms with van der Waals surface area (Å²) in [7, 11) is 0. The molecule has 0 aromatic heterocycles. The van der Waals surface area contributed by atoms with Gasteiger partial charge in [-0.05, 0) is 110 Å². The Labute approximate surface area is 510 Å². The third-order valence-electron chi connectivity index (χ3n) is 23.7. The van der Waals surface area contributed by atoms with E-state index in [1.165, 1.54) is 6.92 Å². The summed E-state index contributed by atoms with van der Waals surface area (Å²) in [6.07, 6.45) is -34.3. The number of aliphatic hydroxyl groups excluding tert-OH is 17. The second kappa shape index (κ2) is 25.7. The number of esters is 1. The highest BCUT2D eigenvalue weighted by molar-refractivity contribution is 5.70. The fourth-order valence-electron chi connectivity index (χ4n) is 18.1. The van der Waals surface area contributed by atoms with Crippen LogP contribution in [0.3, 0.4) is 0 Å². The largest absolute Gasteiger partial charge is 0.433 e. The molecule has 9 fully saturated rings. The van der Waals surface area contributed by atoms with Crippen LogP contribution in [0.4, 0.5) is 0 Å². The Bertz CT molecular complexity index is 2440. The predicted octanol–water partition coefficient (Wildman–Crippen LogP) is -4.21. The predicted molar refractivity (Wildman–Crippen MR) is 295 cm³/mol. The highest BCUT2D eigenvalue weighted by Gasteiger charge is 2.71. The van der Waals surface area contributed by atoms with Gasteiger partial charge in [0.2, 0.25) is 6.29 Å². The van der Waals surface area contributed by atoms with Gasteiger partial charge < -0.3 is 134 Å². The van der Waals surface area contributed by atoms with Crippen molar-refractivity contribution in [1.29, 1.82) is 0 Å². The molecule has 10 aliphatic rings. The normalized spacial score (nSPS) is 54.6. The van der Waals surface area contributed by atoms with Gasteiger partial charge in [-0.15, -0.1) is 0 Å². The van der Waals surface area contributed by atoms with Crippen LogP contribution in [0.2, 0.25) is 0 Å². The summed E-state index contributed by atoms with van der Waals surface area (Å²) in [5.74, 6) is -0.971. The lowest BCUT2D eigenvalue weighted by molar-refractivity contribution is -0.394. The van der Waals surface area contributed by atoms with Gasteiger partial charge >= 0.3 is 5.97 Å². The van der Waals surface area contributed by atoms with Crippen molar-refractivity contribution < 1.29 is 139 Å². The van der Waals surface area contributed by atoms with Crippen LogP contribution in [-0.2, 0) is 52.2 Å². The average Bonchev–Trinajstić information content (AvgIpc) is 0.677. The molecule has 0 unspecified atom stereocenters. The van der Waals surface area contributed by atoms with Gasteiger partial charge in [0.15, 0.2) is 25.2 Å². The molecule has 0 spiro atoms. The summed E-state index contributed by atoms with van der Waals surface area (Å²) < 4.78 is 60.1. The molecule has 0 amide bonds. The number of allylic oxidation sites excluding steroid dienone is 2. The van der Waals surface area contributed by atoms with Crippen molar-refractivity contribution in [2.75, 3.05) is 33.0 Å². The van der Waals surface area contributed by atoms with E-state index in [9.17, 15) is 91.6 Å². The first-order valence-corrected chi connectivity index (χ1v) is 31.3. The van der Waals surface area contributed by atoms with Crippen LogP contribution in [0.1, 0.15) is 113 Å². The molecule has 28 heteroatoms. The van der Waals surface area contributed by atoms with Crippen molar-refractivity contribution in [2.45, 2.75) is 272 Å². The van der Waals surface area contributed by atoms with E-state index in [1.54, 1.807) is 0 Å². The fourth-order valence-corrected chi connectivity index (χ4v) is 18.1. The monoisotopic (exact) mass is 1270 g/mol. The van der Waals surface area contributed by atoms with Gasteiger partial charge in [0, 0.05) is 5.41 Å². The molecule has 88 heavy (non-hydrogen) atoms. The zero-order valence-electron chi connectivity index (χ0n) is 51.0. The number of carbonyl (C=O) groups excluding carboxylic acids is 1. The number of carbonyl (C=O) groups is 1. The van der Waals surface area contributed by atoms with E-state index in [-0.39, 0.29) is 41.6 Å². The van der Waals surface area contributed by atoms with E-state index < -0.39 is 214 Å². The lowest BCUT2D eigenvalue weighted by Crippen LogP contribution is -2.68. The zero-order chi connectivity index (χ0) is 64.3. The molecule has 4 saturated carbocycles. The highest BCUT2D eigenvalue weighted by atomic mass is 16.8. The lowest BCUT2D eigenvalue weighted by atomic mass is 9.33. The molecular weight excluding hydrogens is 1170 g/mol. The van der Waals surface area contributed by atoms with Gasteiger partial charge in [0.25, 0.3) is 0 Å². The number of hydrogen-bond acceptors (Lipinski definition) is 28. The highest BCUT2D eigenvalue weighted by Crippen LogP contribution is 2.76. The van der Waals surface area contributed by atoms with Gasteiger partial charge in [-0.25, -0.2) is 0 Å². The maximum Gasteiger partial charge on any atom is 0.308 e. The van der Waals surface area contributed by atoms with Crippen molar-refractivity contribution >= 4 is 5.97 Å². The quantitative estimate of drug-likeness (QED) is 0.0420. The molecule has 506 valence electrons. The van der Waals surface area contributed by atoms with Crippen molar-refractivity contribution in [2.24, 2.45) is 50.2 Å². The Morgan fingerprint density at radius 3 is 1.69 bits per heavy atom. The fraction of sp³-hybridized carbons (Fsp3) is 0.950. The molecule has 5 saturated heterocycles. The molecule has 0 bridgehead atoms. The van der Waals surface area contributed by atoms with E-state index in [1.807, 2.05) is 6.92 Å². The smallest absolute Gasteiger partial charge is 0.308 e. The van der Waals surface area contributed by atoms with Gasteiger partial charge in [-0.3, -0.25) is 4.79 Å². The molecule has 34 atom stereocenters. The first-order chi connectivity index (χ1) is 41.3. The van der Waals surface area contributed by atoms with E-state index in [4.69, 9.17) is 47.4 Å². The number of ether oxygens (including phenoxy) is 10. The van der Waals surface area contributed by atoms with E-state index in [0.717, 1.165) is 18.4 Å². The molecule has 0 radical (unpaired) electrons. The molecule has 0 aromatic rings. The summed E-state index contributed by atoms with van der Waals surface area (Å²) in [6, 6.07) is 0. The van der Waals surface area contributed by atoms with Gasteiger partial charge in [0.1, 0.15) is 110 Å². The van der Waals surface area contributed by atoms with Crippen molar-refractivity contribution in [1.82, 2.24) is 0 Å². The van der Waals surface area contributed by atoms with Crippen LogP contribution in [0.15, 0.2) is 11.6 Å². The Kier molecular flexibility index (Phi) is 20.2. The van der Waals surface area contributed by atoms with Crippen LogP contribution in [0, 0.1) is 50.2 Å². The number of rotatable bonds is 15. The Balaban J connectivity index is 0.882. The maximum atomic E-state index is 13.7. The minimum atomic E-state index is -1.94. The van der Waals surface area contributed by atoms with Crippen LogP contribution >= 0.6 is 0 Å². The molecule has 10 rings (SSSR count). The first-order valence-electron chi connectivity index (χ1n) is 31.3. The number of aliphatic hydroxyl groups is 17. The maximum absolute atomic E-state index is 13.7. The minimum absolute atomic E-state index is 0.00294. The summed E-state index contributed by atoms with van der Waals surface area (Å²) in [4.78, 5) is 13.7. The summed E-state index contributed by atoms with van der Waals surface area (Å²) >= 11 is 0. The molecule has 28 nitrogen and oxygen atoms in total. The lowest BCUT2D eigenvalue weighted by Gasteiger charge is -2.72. The van der Waals surface area contributed by atoms with E-state index >= 15 is 0 Å². The van der Waals surface area contributed by atoms with Gasteiger partial charge in [0.05, 0.1) is 57.8 Å². The van der Waals surface area contributed by atoms with Crippen LogP contribution in [-0.4, -0.2) is 285 Å². The van der Waals surface area contributed by atoms with Crippen LogP contribution in [0.5, 0.6) is 0 Å². The van der Waals surface area contributed by atoms with Crippen molar-refractivity contribution in [3.63, 3.8) is 0 Å². The first kappa shape index (κ1) is 69.0. The summed E-state index contributed by atoms with van der Waals surface area (Å²) in [5, 5.41) is 184. The molecule has 5 heterocycles. The molecule has 5 aliphatic heterocycles. The third kappa shape index (κ3) is 11.6. The Morgan fingerprint density at radius 2 is 1.09 bits per heavy atom. The Hall–Kier alpha value is -1.83. The van der Waals surface area contributed by atoms with Crippen LogP contribution < -0.4 is 0 Å². The van der Waals surface area contributed by atoms with Crippen molar-refractivity contribution in [3.05, 3.63) is 11.6 Å². The average molecular weight is 1270 g/mol. The SMILES string of the molecule is C[C@@H]1O[C@@H](O[C@H]2[C@H](O[C@H]3CO[C@@H](O[C@H]4CC[C@]5(C)[C@H]6CC=C7[C@@H]8C[C@@](C)(CC(=O)O[C@@H]9O[C@H](CO)[C@@H](O)[C@H](O)[C@H]9O)CC[C@]8(CO)[C@H](O)C[C@@]7(C)[C@]6(C)CC[C@H]5C4(C)C)[C@H](O[C@@H]4O[C@H](CO)[C@@H](O)[C@H](O)[C@H]4O)[C@H]3O)O[C@H](CO)[C@@H](O)[C@@H]2O)[C@H](O)[C@H](O)[C@H]1O. The second-order valence-electron chi connectivity index (χ2n) is 29.0. The topological polar surface area (TPSA) is 453 Å². The number of hydrogen-bond donors (Lipinski definition) is 17. The molecule has 17 N–H and O–H groups in total. The Morgan fingerprint density at radius 1 is 0.545 bits per heavy atom. The standard InChI is InChI=1S/C60H98O28/c1-24-36(67)41(72)45(76)50(80-24)88-49-44(75)39(70)29(21-63)83-54(49)84-30-22-79-53(48(40(30)71)87-52-47(78)43(74)38(69)28(20-62)82-52)85-34-11-12-57(5)31(55(34,2)3)10-13-58(6)32(57)9-8-25-26-16-56(4,14-15-60(26,23-64)33(65)17-59(25,58)7)18-35(66)86-51-46(77)42(73)37(68)27(19-61)81-51/h8,24,26-34,36-54,61-65,67-78H,9-23H2,1-7H3/t24-,26-,27+,28+,29+,30-,31-,32+,33+,34-,36-,37+,38+,39+,40-,41+,42-,43-,44-,45+,46+,47+,48+,49+,50-,51-,52-,53-,54-,56-,57-,58+,59+,60+/m0/s1. The third-order valence-corrected chi connectivity index (χ3v) is 23.7. The summed E-state index contributed by atoms with van der Waals surface area (Å²) in [5.41, 5.74) is -2.36. The minimum Gasteiger partial charge on any atom is -0.433 e. The van der Waals surface area contributed by atoms with Crippen molar-refractivity contribution in [3.8, 4) is 0 Å². The number of fused-ring (bicyclic) bond motifs is 7. The van der Waals surface area contributed by atoms with Gasteiger partial charge in [-0.1, -0.05) is 53.2 Å². The van der Waals surface area contributed by atoms with E-state index in [0.29, 0.717) is 44.9 Å². The molecular formula is C60H98O28. The zero-order valence-corrected chi connectivity index (χ0v) is 51.0. The molecule has 5 aliphatic carbocycles. The van der Waals surface area contributed by atoms with Crippen LogP contribution in [0.25, 0.3) is 0 Å². The van der Waals surface area contributed by atoms with Gasteiger partial charge in [-0.2, -0.15) is 0 Å².